The molecule has 3 rings (SSSR count). The first kappa shape index (κ1) is 22.9. The lowest BCUT2D eigenvalue weighted by molar-refractivity contribution is -0.123. The highest BCUT2D eigenvalue weighted by Crippen LogP contribution is 2.38. The minimum absolute atomic E-state index is 0.101. The van der Waals surface area contributed by atoms with E-state index in [0.29, 0.717) is 30.1 Å². The van der Waals surface area contributed by atoms with Gasteiger partial charge < -0.3 is 9.47 Å². The van der Waals surface area contributed by atoms with E-state index in [1.807, 2.05) is 13.0 Å². The number of halogens is 2. The molecule has 1 aliphatic rings. The van der Waals surface area contributed by atoms with E-state index in [1.54, 1.807) is 25.3 Å². The molecule has 1 fully saturated rings. The van der Waals surface area contributed by atoms with E-state index < -0.39 is 17.0 Å². The molecule has 1 heterocycles. The van der Waals surface area contributed by atoms with Crippen LogP contribution in [0.5, 0.6) is 11.5 Å². The maximum atomic E-state index is 14.1. The number of carbonyl (C=O) groups excluding carboxylic acids is 2. The molecule has 0 saturated carbocycles. The Hall–Kier alpha value is -2.77. The van der Waals surface area contributed by atoms with Gasteiger partial charge in [-0.3, -0.25) is 14.5 Å². The van der Waals surface area contributed by atoms with Crippen molar-refractivity contribution in [2.45, 2.75) is 19.9 Å². The van der Waals surface area contributed by atoms with Crippen molar-refractivity contribution >= 4 is 40.6 Å². The number of rotatable bonds is 8. The van der Waals surface area contributed by atoms with Gasteiger partial charge in [0.15, 0.2) is 11.5 Å². The minimum atomic E-state index is -0.568. The van der Waals surface area contributed by atoms with Crippen LogP contribution in [0.2, 0.25) is 5.02 Å². The minimum Gasteiger partial charge on any atom is -0.493 e. The Morgan fingerprint density at radius 3 is 2.71 bits per heavy atom. The molecule has 0 spiro atoms. The van der Waals surface area contributed by atoms with E-state index >= 15 is 0 Å². The number of benzene rings is 2. The summed E-state index contributed by atoms with van der Waals surface area (Å²) in [5, 5.41) is -0.325. The van der Waals surface area contributed by atoms with Crippen molar-refractivity contribution in [3.63, 3.8) is 0 Å². The molecule has 0 N–H and O–H groups in total. The molecule has 0 unspecified atom stereocenters. The molecular weight excluding hydrogens is 441 g/mol. The van der Waals surface area contributed by atoms with Crippen LogP contribution >= 0.6 is 23.4 Å². The zero-order chi connectivity index (χ0) is 22.5. The topological polar surface area (TPSA) is 55.8 Å². The molecule has 0 atom stereocenters. The number of allylic oxidation sites excluding steroid dienone is 1. The molecule has 8 heteroatoms. The number of imide groups is 1. The van der Waals surface area contributed by atoms with Crippen molar-refractivity contribution < 1.29 is 23.5 Å². The number of methoxy groups -OCH3 is 1. The summed E-state index contributed by atoms with van der Waals surface area (Å²) in [7, 11) is 1.56. The Morgan fingerprint density at radius 2 is 2.06 bits per heavy atom. The Balaban J connectivity index is 1.94. The molecule has 2 aromatic carbocycles. The van der Waals surface area contributed by atoms with Gasteiger partial charge in [0.25, 0.3) is 11.1 Å². The van der Waals surface area contributed by atoms with Gasteiger partial charge >= 0.3 is 0 Å². The molecule has 162 valence electrons. The number of carbonyl (C=O) groups is 2. The van der Waals surface area contributed by atoms with Crippen LogP contribution in [0.3, 0.4) is 0 Å². The third kappa shape index (κ3) is 4.94. The van der Waals surface area contributed by atoms with Crippen LogP contribution in [-0.4, -0.2) is 29.8 Å². The highest BCUT2D eigenvalue weighted by molar-refractivity contribution is 8.18. The van der Waals surface area contributed by atoms with E-state index in [0.717, 1.165) is 22.2 Å². The lowest BCUT2D eigenvalue weighted by Gasteiger charge is -2.15. The summed E-state index contributed by atoms with van der Waals surface area (Å²) in [6.07, 6.45) is 3.89. The SMILES string of the molecule is C=CCc1cc(/C=C2\SC(=O)N(Cc3c(F)cccc3Cl)C2=O)cc(OCC)c1OC. The van der Waals surface area contributed by atoms with Crippen molar-refractivity contribution in [2.24, 2.45) is 0 Å². The molecular formula is C23H21ClFNO4S. The summed E-state index contributed by atoms with van der Waals surface area (Å²) >= 11 is 6.84. The largest absolute Gasteiger partial charge is 0.493 e. The van der Waals surface area contributed by atoms with Crippen LogP contribution in [0.1, 0.15) is 23.6 Å². The van der Waals surface area contributed by atoms with Gasteiger partial charge in [0.2, 0.25) is 0 Å². The van der Waals surface area contributed by atoms with Crippen LogP contribution in [-0.2, 0) is 17.8 Å². The van der Waals surface area contributed by atoms with Gasteiger partial charge in [-0.05, 0) is 61.0 Å². The maximum absolute atomic E-state index is 14.1. The Labute approximate surface area is 189 Å². The third-order valence-electron chi connectivity index (χ3n) is 4.57. The second-order valence-corrected chi connectivity index (χ2v) is 8.01. The van der Waals surface area contributed by atoms with Crippen LogP contribution in [0.25, 0.3) is 6.08 Å². The number of hydrogen-bond acceptors (Lipinski definition) is 5. The average molecular weight is 462 g/mol. The van der Waals surface area contributed by atoms with Gasteiger partial charge in [0.1, 0.15) is 5.82 Å². The fraction of sp³-hybridized carbons (Fsp3) is 0.217. The van der Waals surface area contributed by atoms with Gasteiger partial charge in [-0.1, -0.05) is 23.7 Å². The predicted octanol–water partition coefficient (Wildman–Crippen LogP) is 5.85. The third-order valence-corrected chi connectivity index (χ3v) is 5.83. The summed E-state index contributed by atoms with van der Waals surface area (Å²) in [6, 6.07) is 7.82. The molecule has 0 aliphatic carbocycles. The highest BCUT2D eigenvalue weighted by Gasteiger charge is 2.36. The van der Waals surface area contributed by atoms with Crippen molar-refractivity contribution in [3.8, 4) is 11.5 Å². The summed E-state index contributed by atoms with van der Waals surface area (Å²) in [6.45, 7) is 5.83. The van der Waals surface area contributed by atoms with Gasteiger partial charge in [-0.2, -0.15) is 0 Å². The van der Waals surface area contributed by atoms with Crippen molar-refractivity contribution in [3.05, 3.63) is 75.4 Å². The average Bonchev–Trinajstić information content (AvgIpc) is 2.98. The standard InChI is InChI=1S/C23H21ClFNO4S/c1-4-7-15-10-14(11-19(30-5-2)21(15)29-3)12-20-22(27)26(23(28)31-20)13-16-17(24)8-6-9-18(16)25/h4,6,8-12H,1,5,7,13H2,2-3H3/b20-12-. The van der Waals surface area contributed by atoms with Crippen LogP contribution < -0.4 is 9.47 Å². The van der Waals surface area contributed by atoms with Gasteiger partial charge in [0, 0.05) is 16.1 Å². The second-order valence-electron chi connectivity index (χ2n) is 6.61. The van der Waals surface area contributed by atoms with E-state index in [-0.39, 0.29) is 22.0 Å². The van der Waals surface area contributed by atoms with Crippen LogP contribution in [0.4, 0.5) is 9.18 Å². The zero-order valence-electron chi connectivity index (χ0n) is 17.1. The van der Waals surface area contributed by atoms with Crippen LogP contribution in [0.15, 0.2) is 47.9 Å². The number of nitrogens with zero attached hydrogens (tertiary/aromatic N) is 1. The lowest BCUT2D eigenvalue weighted by Crippen LogP contribution is -2.28. The van der Waals surface area contributed by atoms with Crippen molar-refractivity contribution in [2.75, 3.05) is 13.7 Å². The second kappa shape index (κ2) is 10.0. The Morgan fingerprint density at radius 1 is 1.29 bits per heavy atom. The smallest absolute Gasteiger partial charge is 0.293 e. The lowest BCUT2D eigenvalue weighted by atomic mass is 10.0. The quantitative estimate of drug-likeness (QED) is 0.364. The van der Waals surface area contributed by atoms with E-state index in [4.69, 9.17) is 21.1 Å². The van der Waals surface area contributed by atoms with Crippen molar-refractivity contribution in [1.82, 2.24) is 4.90 Å². The molecule has 2 amide bonds. The molecule has 1 aliphatic heterocycles. The molecule has 31 heavy (non-hydrogen) atoms. The summed E-state index contributed by atoms with van der Waals surface area (Å²) in [5.41, 5.74) is 1.62. The Kier molecular flexibility index (Phi) is 7.41. The van der Waals surface area contributed by atoms with Gasteiger partial charge in [-0.15, -0.1) is 6.58 Å². The summed E-state index contributed by atoms with van der Waals surface area (Å²) in [4.78, 5) is 26.5. The Bertz CT molecular complexity index is 1050. The number of thioether (sulfide) groups is 1. The number of ether oxygens (including phenoxy) is 2. The van der Waals surface area contributed by atoms with Crippen LogP contribution in [0, 0.1) is 5.82 Å². The maximum Gasteiger partial charge on any atom is 0.293 e. The summed E-state index contributed by atoms with van der Waals surface area (Å²) < 4.78 is 25.3. The molecule has 0 radical (unpaired) electrons. The first-order valence-corrected chi connectivity index (χ1v) is 10.7. The van der Waals surface area contributed by atoms with E-state index in [1.165, 1.54) is 18.2 Å². The number of hydrogen-bond donors (Lipinski definition) is 0. The molecule has 5 nitrogen and oxygen atoms in total. The summed E-state index contributed by atoms with van der Waals surface area (Å²) in [5.74, 6) is 0.0589. The first-order chi connectivity index (χ1) is 14.9. The molecule has 2 aromatic rings. The zero-order valence-corrected chi connectivity index (χ0v) is 18.7. The predicted molar refractivity (Wildman–Crippen MR) is 121 cm³/mol. The fourth-order valence-electron chi connectivity index (χ4n) is 3.20. The van der Waals surface area contributed by atoms with E-state index in [9.17, 15) is 14.0 Å². The van der Waals surface area contributed by atoms with Gasteiger partial charge in [-0.25, -0.2) is 4.39 Å². The van der Waals surface area contributed by atoms with E-state index in [2.05, 4.69) is 6.58 Å². The normalized spacial score (nSPS) is 15.0. The van der Waals surface area contributed by atoms with Crippen molar-refractivity contribution in [1.29, 1.82) is 0 Å². The number of amides is 2. The molecule has 0 aromatic heterocycles. The molecule has 0 bridgehead atoms. The van der Waals surface area contributed by atoms with Gasteiger partial charge in [0.05, 0.1) is 25.2 Å². The molecule has 1 saturated heterocycles. The fourth-order valence-corrected chi connectivity index (χ4v) is 4.26. The monoisotopic (exact) mass is 461 g/mol. The first-order valence-electron chi connectivity index (χ1n) is 9.52. The highest BCUT2D eigenvalue weighted by atomic mass is 35.5.